The van der Waals surface area contributed by atoms with Gasteiger partial charge in [-0.1, -0.05) is 17.7 Å². The van der Waals surface area contributed by atoms with Crippen molar-refractivity contribution in [2.24, 2.45) is 0 Å². The molecule has 0 spiro atoms. The maximum absolute atomic E-state index is 11.5. The first-order valence-corrected chi connectivity index (χ1v) is 4.90. The number of aliphatic hydroxyl groups excluding tert-OH is 1. The molecule has 0 saturated heterocycles. The van der Waals surface area contributed by atoms with E-state index in [1.807, 2.05) is 0 Å². The number of urea groups is 1. The van der Waals surface area contributed by atoms with Gasteiger partial charge in [-0.05, 0) is 18.2 Å². The van der Waals surface area contributed by atoms with E-state index in [1.54, 1.807) is 31.3 Å². The number of rotatable bonds is 3. The van der Waals surface area contributed by atoms with Gasteiger partial charge in [0.05, 0.1) is 6.61 Å². The maximum Gasteiger partial charge on any atom is 0.321 e. The Hall–Kier alpha value is -1.26. The molecule has 0 aromatic heterocycles. The third-order valence-electron chi connectivity index (χ3n) is 1.86. The number of hydrogen-bond acceptors (Lipinski definition) is 2. The summed E-state index contributed by atoms with van der Waals surface area (Å²) in [5, 5.41) is 11.9. The molecule has 0 bridgehead atoms. The standard InChI is InChI=1S/C10H13ClN2O2/c1-13(5-6-14)10(15)12-9-4-2-3-8(11)7-9/h2-4,7,14H,5-6H2,1H3,(H,12,15). The molecular weight excluding hydrogens is 216 g/mol. The van der Waals surface area contributed by atoms with E-state index in [4.69, 9.17) is 16.7 Å². The van der Waals surface area contributed by atoms with Crippen LogP contribution in [-0.2, 0) is 0 Å². The number of nitrogens with zero attached hydrogens (tertiary/aromatic N) is 1. The van der Waals surface area contributed by atoms with Crippen LogP contribution in [0.2, 0.25) is 5.02 Å². The molecular formula is C10H13ClN2O2. The van der Waals surface area contributed by atoms with Gasteiger partial charge in [0.25, 0.3) is 0 Å². The SMILES string of the molecule is CN(CCO)C(=O)Nc1cccc(Cl)c1. The number of carbonyl (C=O) groups is 1. The Labute approximate surface area is 93.5 Å². The fraction of sp³-hybridized carbons (Fsp3) is 0.300. The second kappa shape index (κ2) is 5.58. The lowest BCUT2D eigenvalue weighted by Gasteiger charge is -2.16. The van der Waals surface area contributed by atoms with Gasteiger partial charge in [0.2, 0.25) is 0 Å². The topological polar surface area (TPSA) is 52.6 Å². The molecule has 0 radical (unpaired) electrons. The average Bonchev–Trinajstić information content (AvgIpc) is 2.18. The van der Waals surface area contributed by atoms with Crippen LogP contribution in [0.3, 0.4) is 0 Å². The summed E-state index contributed by atoms with van der Waals surface area (Å²) >= 11 is 5.76. The van der Waals surface area contributed by atoms with Crippen LogP contribution in [0.4, 0.5) is 10.5 Å². The predicted molar refractivity (Wildman–Crippen MR) is 60.2 cm³/mol. The van der Waals surface area contributed by atoms with Crippen LogP contribution in [0, 0.1) is 0 Å². The summed E-state index contributed by atoms with van der Waals surface area (Å²) in [5.41, 5.74) is 0.636. The second-order valence-electron chi connectivity index (χ2n) is 3.09. The second-order valence-corrected chi connectivity index (χ2v) is 3.52. The zero-order valence-electron chi connectivity index (χ0n) is 8.40. The van der Waals surface area contributed by atoms with Crippen LogP contribution in [0.25, 0.3) is 0 Å². The highest BCUT2D eigenvalue weighted by atomic mass is 35.5. The van der Waals surface area contributed by atoms with Crippen LogP contribution in [0.1, 0.15) is 0 Å². The van der Waals surface area contributed by atoms with Crippen molar-refractivity contribution in [3.63, 3.8) is 0 Å². The molecule has 5 heteroatoms. The maximum atomic E-state index is 11.5. The Balaban J connectivity index is 2.58. The Morgan fingerprint density at radius 2 is 2.33 bits per heavy atom. The smallest absolute Gasteiger partial charge is 0.321 e. The van der Waals surface area contributed by atoms with Crippen molar-refractivity contribution in [2.45, 2.75) is 0 Å². The van der Waals surface area contributed by atoms with Crippen molar-refractivity contribution >= 4 is 23.3 Å². The lowest BCUT2D eigenvalue weighted by atomic mass is 10.3. The van der Waals surface area contributed by atoms with Crippen LogP contribution < -0.4 is 5.32 Å². The summed E-state index contributed by atoms with van der Waals surface area (Å²) in [4.78, 5) is 12.9. The van der Waals surface area contributed by atoms with E-state index in [0.29, 0.717) is 17.3 Å². The summed E-state index contributed by atoms with van der Waals surface area (Å²) in [5.74, 6) is 0. The molecule has 0 aliphatic rings. The van der Waals surface area contributed by atoms with Gasteiger partial charge in [-0.25, -0.2) is 4.79 Å². The van der Waals surface area contributed by atoms with Crippen LogP contribution >= 0.6 is 11.6 Å². The number of amides is 2. The molecule has 0 unspecified atom stereocenters. The molecule has 1 aromatic carbocycles. The monoisotopic (exact) mass is 228 g/mol. The number of aliphatic hydroxyl groups is 1. The lowest BCUT2D eigenvalue weighted by Crippen LogP contribution is -2.33. The number of anilines is 1. The highest BCUT2D eigenvalue weighted by Gasteiger charge is 2.07. The normalized spacial score (nSPS) is 9.80. The Morgan fingerprint density at radius 3 is 2.93 bits per heavy atom. The van der Waals surface area contributed by atoms with Crippen LogP contribution in [-0.4, -0.2) is 36.2 Å². The highest BCUT2D eigenvalue weighted by Crippen LogP contribution is 2.14. The van der Waals surface area contributed by atoms with Gasteiger partial charge in [-0.3, -0.25) is 0 Å². The van der Waals surface area contributed by atoms with Gasteiger partial charge in [0.15, 0.2) is 0 Å². The number of benzene rings is 1. The van der Waals surface area contributed by atoms with Crippen molar-refractivity contribution < 1.29 is 9.90 Å². The van der Waals surface area contributed by atoms with E-state index in [2.05, 4.69) is 5.32 Å². The van der Waals surface area contributed by atoms with E-state index >= 15 is 0 Å². The molecule has 2 amide bonds. The zero-order chi connectivity index (χ0) is 11.3. The van der Waals surface area contributed by atoms with Gasteiger partial charge >= 0.3 is 6.03 Å². The average molecular weight is 229 g/mol. The first kappa shape index (κ1) is 11.8. The molecule has 0 aliphatic heterocycles. The summed E-state index contributed by atoms with van der Waals surface area (Å²) in [6, 6.07) is 6.62. The number of nitrogens with one attached hydrogen (secondary N) is 1. The third kappa shape index (κ3) is 3.77. The predicted octanol–water partition coefficient (Wildman–Crippen LogP) is 1.80. The van der Waals surface area contributed by atoms with Crippen LogP contribution in [0.15, 0.2) is 24.3 Å². The summed E-state index contributed by atoms with van der Waals surface area (Å²) in [6.07, 6.45) is 0. The molecule has 1 aromatic rings. The Morgan fingerprint density at radius 1 is 1.60 bits per heavy atom. The van der Waals surface area contributed by atoms with Crippen molar-refractivity contribution in [2.75, 3.05) is 25.5 Å². The molecule has 2 N–H and O–H groups in total. The van der Waals surface area contributed by atoms with Crippen molar-refractivity contribution in [3.05, 3.63) is 29.3 Å². The molecule has 0 saturated carbocycles. The van der Waals surface area contributed by atoms with E-state index in [9.17, 15) is 4.79 Å². The Kier molecular flexibility index (Phi) is 4.39. The summed E-state index contributed by atoms with van der Waals surface area (Å²) in [7, 11) is 1.61. The molecule has 1 rings (SSSR count). The highest BCUT2D eigenvalue weighted by molar-refractivity contribution is 6.30. The van der Waals surface area contributed by atoms with Crippen molar-refractivity contribution in [1.82, 2.24) is 4.90 Å². The lowest BCUT2D eigenvalue weighted by molar-refractivity contribution is 0.202. The zero-order valence-corrected chi connectivity index (χ0v) is 9.16. The van der Waals surface area contributed by atoms with Gasteiger partial charge in [0, 0.05) is 24.3 Å². The minimum absolute atomic E-state index is 0.0561. The quantitative estimate of drug-likeness (QED) is 0.829. The van der Waals surface area contributed by atoms with Gasteiger partial charge in [-0.2, -0.15) is 0 Å². The molecule has 0 heterocycles. The molecule has 15 heavy (non-hydrogen) atoms. The van der Waals surface area contributed by atoms with E-state index in [0.717, 1.165) is 0 Å². The molecule has 82 valence electrons. The van der Waals surface area contributed by atoms with Crippen molar-refractivity contribution in [1.29, 1.82) is 0 Å². The minimum atomic E-state index is -0.272. The van der Waals surface area contributed by atoms with E-state index < -0.39 is 0 Å². The number of carbonyl (C=O) groups excluding carboxylic acids is 1. The van der Waals surface area contributed by atoms with Gasteiger partial charge in [0.1, 0.15) is 0 Å². The molecule has 0 aliphatic carbocycles. The Bertz CT molecular complexity index is 344. The number of hydrogen-bond donors (Lipinski definition) is 2. The first-order valence-electron chi connectivity index (χ1n) is 4.52. The largest absolute Gasteiger partial charge is 0.395 e. The van der Waals surface area contributed by atoms with E-state index in [1.165, 1.54) is 4.90 Å². The number of halogens is 1. The fourth-order valence-electron chi connectivity index (χ4n) is 1.04. The van der Waals surface area contributed by atoms with Gasteiger partial charge in [-0.15, -0.1) is 0 Å². The molecule has 4 nitrogen and oxygen atoms in total. The van der Waals surface area contributed by atoms with Gasteiger partial charge < -0.3 is 15.3 Å². The summed E-state index contributed by atoms with van der Waals surface area (Å²) < 4.78 is 0. The van der Waals surface area contributed by atoms with Crippen LogP contribution in [0.5, 0.6) is 0 Å². The number of likely N-dealkylation sites (N-methyl/N-ethyl adjacent to an activating group) is 1. The third-order valence-corrected chi connectivity index (χ3v) is 2.09. The van der Waals surface area contributed by atoms with Crippen molar-refractivity contribution in [3.8, 4) is 0 Å². The molecule has 0 atom stereocenters. The first-order chi connectivity index (χ1) is 7.13. The minimum Gasteiger partial charge on any atom is -0.395 e. The summed E-state index contributed by atoms with van der Waals surface area (Å²) in [6.45, 7) is 0.242. The fourth-order valence-corrected chi connectivity index (χ4v) is 1.23. The molecule has 0 fully saturated rings. The van der Waals surface area contributed by atoms with E-state index in [-0.39, 0.29) is 12.6 Å².